The second kappa shape index (κ2) is 12.0. The summed E-state index contributed by atoms with van der Waals surface area (Å²) in [5.74, 6) is 0.873. The maximum atomic E-state index is 12.7. The van der Waals surface area contributed by atoms with E-state index in [2.05, 4.69) is 36.2 Å². The number of rotatable bonds is 5. The summed E-state index contributed by atoms with van der Waals surface area (Å²) < 4.78 is 5.80. The summed E-state index contributed by atoms with van der Waals surface area (Å²) in [5, 5.41) is 3.24. The first kappa shape index (κ1) is 25.2. The Balaban J connectivity index is 0.00000196. The quantitative estimate of drug-likeness (QED) is 0.776. The topological polar surface area (TPSA) is 44.8 Å². The maximum Gasteiger partial charge on any atom is 0.253 e. The van der Waals surface area contributed by atoms with Gasteiger partial charge in [-0.15, -0.1) is 24.8 Å². The Bertz CT molecular complexity index is 582. The van der Waals surface area contributed by atoms with Crippen molar-refractivity contribution in [1.29, 1.82) is 0 Å². The van der Waals surface area contributed by atoms with Gasteiger partial charge in [-0.3, -0.25) is 9.69 Å². The second-order valence-corrected chi connectivity index (χ2v) is 7.94. The lowest BCUT2D eigenvalue weighted by molar-refractivity contribution is -0.0704. The van der Waals surface area contributed by atoms with Gasteiger partial charge in [-0.2, -0.15) is 0 Å². The Hall–Kier alpha value is -0.850. The maximum absolute atomic E-state index is 12.7. The highest BCUT2D eigenvalue weighted by Gasteiger charge is 2.24. The number of carbonyl (C=O) groups is 1. The van der Waals surface area contributed by atoms with Gasteiger partial charge in [0.2, 0.25) is 0 Å². The van der Waals surface area contributed by atoms with Gasteiger partial charge in [0.05, 0.1) is 12.2 Å². The molecule has 2 aliphatic heterocycles. The van der Waals surface area contributed by atoms with E-state index in [0.29, 0.717) is 5.92 Å². The van der Waals surface area contributed by atoms with E-state index in [1.54, 1.807) is 0 Å². The van der Waals surface area contributed by atoms with E-state index in [9.17, 15) is 4.79 Å². The minimum atomic E-state index is 0. The van der Waals surface area contributed by atoms with Crippen molar-refractivity contribution in [1.82, 2.24) is 15.1 Å². The Morgan fingerprint density at radius 2 is 1.64 bits per heavy atom. The molecule has 0 saturated carbocycles. The number of ether oxygens (including phenoxy) is 1. The van der Waals surface area contributed by atoms with E-state index in [4.69, 9.17) is 4.74 Å². The van der Waals surface area contributed by atoms with Gasteiger partial charge in [0, 0.05) is 38.3 Å². The van der Waals surface area contributed by atoms with Crippen molar-refractivity contribution in [2.75, 3.05) is 39.8 Å². The molecule has 2 atom stereocenters. The Morgan fingerprint density at radius 1 is 1.07 bits per heavy atom. The summed E-state index contributed by atoms with van der Waals surface area (Å²) >= 11 is 0. The highest BCUT2D eigenvalue weighted by atomic mass is 35.5. The summed E-state index contributed by atoms with van der Waals surface area (Å²) in [6, 6.07) is 8.19. The summed E-state index contributed by atoms with van der Waals surface area (Å²) in [5.41, 5.74) is 2.07. The van der Waals surface area contributed by atoms with Crippen LogP contribution in [0.1, 0.15) is 42.6 Å². The van der Waals surface area contributed by atoms with Gasteiger partial charge < -0.3 is 15.0 Å². The van der Waals surface area contributed by atoms with Gasteiger partial charge in [0.25, 0.3) is 5.91 Å². The molecule has 1 amide bonds. The van der Waals surface area contributed by atoms with Gasteiger partial charge in [0.15, 0.2) is 0 Å². The Labute approximate surface area is 182 Å². The highest BCUT2D eigenvalue weighted by Crippen LogP contribution is 2.19. The SMILES string of the molecule is CNCC1CCN(C(=O)c2ccc(CN3CC(C)OC(C)C3)cc2)CC1.Cl.Cl. The van der Waals surface area contributed by atoms with Crippen LogP contribution in [0.15, 0.2) is 24.3 Å². The van der Waals surface area contributed by atoms with Crippen molar-refractivity contribution >= 4 is 30.7 Å². The van der Waals surface area contributed by atoms with E-state index >= 15 is 0 Å². The first-order chi connectivity index (χ1) is 12.5. The largest absolute Gasteiger partial charge is 0.373 e. The van der Waals surface area contributed by atoms with Gasteiger partial charge in [-0.05, 0) is 63.9 Å². The molecule has 0 bridgehead atoms. The van der Waals surface area contributed by atoms with Crippen molar-refractivity contribution in [3.05, 3.63) is 35.4 Å². The number of likely N-dealkylation sites (tertiary alicyclic amines) is 1. The molecule has 0 spiro atoms. The van der Waals surface area contributed by atoms with Crippen LogP contribution in [-0.2, 0) is 11.3 Å². The normalized spacial score (nSPS) is 23.6. The zero-order valence-electron chi connectivity index (χ0n) is 17.2. The predicted molar refractivity (Wildman–Crippen MR) is 119 cm³/mol. The summed E-state index contributed by atoms with van der Waals surface area (Å²) in [7, 11) is 2.00. The summed E-state index contributed by atoms with van der Waals surface area (Å²) in [4.78, 5) is 17.2. The molecule has 160 valence electrons. The lowest BCUT2D eigenvalue weighted by Crippen LogP contribution is -2.44. The van der Waals surface area contributed by atoms with Crippen molar-refractivity contribution < 1.29 is 9.53 Å². The van der Waals surface area contributed by atoms with Crippen molar-refractivity contribution in [3.8, 4) is 0 Å². The van der Waals surface area contributed by atoms with Crippen LogP contribution in [0.2, 0.25) is 0 Å². The molecule has 7 heteroatoms. The fourth-order valence-corrected chi connectivity index (χ4v) is 4.24. The van der Waals surface area contributed by atoms with Crippen LogP contribution in [0, 0.1) is 5.92 Å². The van der Waals surface area contributed by atoms with E-state index < -0.39 is 0 Å². The fraction of sp³-hybridized carbons (Fsp3) is 0.667. The monoisotopic (exact) mass is 431 g/mol. The molecule has 1 aromatic carbocycles. The average Bonchev–Trinajstić information content (AvgIpc) is 2.62. The van der Waals surface area contributed by atoms with Gasteiger partial charge in [0.1, 0.15) is 0 Å². The Morgan fingerprint density at radius 3 is 2.18 bits per heavy atom. The van der Waals surface area contributed by atoms with E-state index in [1.165, 1.54) is 5.56 Å². The molecule has 5 nitrogen and oxygen atoms in total. The number of nitrogens with one attached hydrogen (secondary N) is 1. The molecule has 0 aliphatic carbocycles. The predicted octanol–water partition coefficient (Wildman–Crippen LogP) is 3.21. The number of nitrogens with zero attached hydrogens (tertiary/aromatic N) is 2. The zero-order chi connectivity index (χ0) is 18.5. The fourth-order valence-electron chi connectivity index (χ4n) is 4.24. The van der Waals surface area contributed by atoms with Gasteiger partial charge in [-0.1, -0.05) is 12.1 Å². The van der Waals surface area contributed by atoms with Crippen LogP contribution in [0.3, 0.4) is 0 Å². The number of amides is 1. The van der Waals surface area contributed by atoms with Crippen molar-refractivity contribution in [2.45, 2.75) is 45.4 Å². The second-order valence-electron chi connectivity index (χ2n) is 7.94. The highest BCUT2D eigenvalue weighted by molar-refractivity contribution is 5.94. The number of morpholine rings is 1. The minimum Gasteiger partial charge on any atom is -0.373 e. The van der Waals surface area contributed by atoms with Crippen molar-refractivity contribution in [3.63, 3.8) is 0 Å². The third kappa shape index (κ3) is 6.89. The summed E-state index contributed by atoms with van der Waals surface area (Å²) in [6.07, 6.45) is 2.76. The molecule has 1 aromatic rings. The third-order valence-corrected chi connectivity index (χ3v) is 5.50. The number of hydrogen-bond acceptors (Lipinski definition) is 4. The molecule has 0 radical (unpaired) electrons. The van der Waals surface area contributed by atoms with Crippen LogP contribution in [-0.4, -0.2) is 67.7 Å². The molecule has 2 fully saturated rings. The van der Waals surface area contributed by atoms with E-state index in [0.717, 1.165) is 57.7 Å². The molecule has 2 aliphatic rings. The smallest absolute Gasteiger partial charge is 0.253 e. The molecule has 2 unspecified atom stereocenters. The number of benzene rings is 1. The van der Waals surface area contributed by atoms with Crippen LogP contribution in [0.25, 0.3) is 0 Å². The minimum absolute atomic E-state index is 0. The van der Waals surface area contributed by atoms with Crippen molar-refractivity contribution in [2.24, 2.45) is 5.92 Å². The first-order valence-electron chi connectivity index (χ1n) is 9.95. The molecule has 2 saturated heterocycles. The average molecular weight is 432 g/mol. The van der Waals surface area contributed by atoms with Crippen LogP contribution < -0.4 is 5.32 Å². The third-order valence-electron chi connectivity index (χ3n) is 5.50. The van der Waals surface area contributed by atoms with E-state index in [-0.39, 0.29) is 42.9 Å². The number of piperidine rings is 1. The molecular formula is C21H35Cl2N3O2. The van der Waals surface area contributed by atoms with Crippen LogP contribution >= 0.6 is 24.8 Å². The molecule has 0 aromatic heterocycles. The molecular weight excluding hydrogens is 397 g/mol. The molecule has 28 heavy (non-hydrogen) atoms. The number of hydrogen-bond donors (Lipinski definition) is 1. The van der Waals surface area contributed by atoms with Crippen LogP contribution in [0.5, 0.6) is 0 Å². The van der Waals surface area contributed by atoms with E-state index in [1.807, 2.05) is 24.1 Å². The first-order valence-corrected chi connectivity index (χ1v) is 9.95. The molecule has 2 heterocycles. The van der Waals surface area contributed by atoms with Gasteiger partial charge >= 0.3 is 0 Å². The number of halogens is 2. The number of carbonyl (C=O) groups excluding carboxylic acids is 1. The Kier molecular flexibility index (Phi) is 10.8. The van der Waals surface area contributed by atoms with Gasteiger partial charge in [-0.25, -0.2) is 0 Å². The molecule has 3 rings (SSSR count). The molecule has 1 N–H and O–H groups in total. The van der Waals surface area contributed by atoms with Crippen LogP contribution in [0.4, 0.5) is 0 Å². The zero-order valence-corrected chi connectivity index (χ0v) is 18.9. The summed E-state index contributed by atoms with van der Waals surface area (Å²) in [6.45, 7) is 9.90. The lowest BCUT2D eigenvalue weighted by atomic mass is 9.96. The lowest BCUT2D eigenvalue weighted by Gasteiger charge is -2.35. The standard InChI is InChI=1S/C21H33N3O2.2ClH/c1-16-13-23(14-17(2)26-16)15-19-4-6-20(7-5-19)21(25)24-10-8-18(9-11-24)12-22-3;;/h4-7,16-18,22H,8-15H2,1-3H3;2*1H.